The van der Waals surface area contributed by atoms with Crippen LogP contribution in [0.1, 0.15) is 31.7 Å². The maximum atomic E-state index is 10.1. The van der Waals surface area contributed by atoms with E-state index in [1.54, 1.807) is 12.3 Å². The average Bonchev–Trinajstić information content (AvgIpc) is 2.64. The standard InChI is InChI=1S/C21H24ClN3O/c1-2-3-4-10-23-14-15-12-17(6-8-21(15)26)25-19-9-11-24-20-13-16(22)5-7-18(19)20/h5-9,11-13,23,26H,2-4,10,14H2,1H3,(H,24,25). The second-order valence-corrected chi connectivity index (χ2v) is 6.81. The normalized spacial score (nSPS) is 11.0. The summed E-state index contributed by atoms with van der Waals surface area (Å²) < 4.78 is 0. The molecule has 0 spiro atoms. The molecule has 0 aliphatic carbocycles. The molecule has 0 saturated carbocycles. The van der Waals surface area contributed by atoms with E-state index >= 15 is 0 Å². The van der Waals surface area contributed by atoms with Gasteiger partial charge < -0.3 is 15.7 Å². The maximum Gasteiger partial charge on any atom is 0.120 e. The molecule has 0 fully saturated rings. The number of aromatic nitrogens is 1. The Bertz CT molecular complexity index is 882. The minimum Gasteiger partial charge on any atom is -0.508 e. The summed E-state index contributed by atoms with van der Waals surface area (Å²) in [7, 11) is 0. The molecule has 3 rings (SSSR count). The fraction of sp³-hybridized carbons (Fsp3) is 0.286. The first-order valence-corrected chi connectivity index (χ1v) is 9.39. The maximum absolute atomic E-state index is 10.1. The number of halogens is 1. The number of nitrogens with one attached hydrogen (secondary N) is 2. The summed E-state index contributed by atoms with van der Waals surface area (Å²) in [6.07, 6.45) is 5.34. The van der Waals surface area contributed by atoms with Gasteiger partial charge in [0.1, 0.15) is 5.75 Å². The van der Waals surface area contributed by atoms with Crippen LogP contribution in [0.15, 0.2) is 48.7 Å². The number of phenolic OH excluding ortho intramolecular Hbond substituents is 1. The first-order chi connectivity index (χ1) is 12.7. The Morgan fingerprint density at radius 2 is 1.96 bits per heavy atom. The van der Waals surface area contributed by atoms with Gasteiger partial charge in [0, 0.05) is 40.1 Å². The van der Waals surface area contributed by atoms with Gasteiger partial charge in [-0.2, -0.15) is 0 Å². The number of pyridine rings is 1. The highest BCUT2D eigenvalue weighted by Crippen LogP contribution is 2.29. The second-order valence-electron chi connectivity index (χ2n) is 6.37. The lowest BCUT2D eigenvalue weighted by atomic mass is 10.1. The highest BCUT2D eigenvalue weighted by Gasteiger charge is 2.06. The molecule has 136 valence electrons. The van der Waals surface area contributed by atoms with Crippen LogP contribution in [0.5, 0.6) is 5.75 Å². The van der Waals surface area contributed by atoms with Gasteiger partial charge in [-0.25, -0.2) is 0 Å². The van der Waals surface area contributed by atoms with Gasteiger partial charge in [-0.1, -0.05) is 31.4 Å². The van der Waals surface area contributed by atoms with E-state index in [2.05, 4.69) is 22.5 Å². The summed E-state index contributed by atoms with van der Waals surface area (Å²) in [5.74, 6) is 0.310. The largest absolute Gasteiger partial charge is 0.508 e. The van der Waals surface area contributed by atoms with Crippen molar-refractivity contribution in [2.45, 2.75) is 32.7 Å². The van der Waals surface area contributed by atoms with Crippen molar-refractivity contribution < 1.29 is 5.11 Å². The van der Waals surface area contributed by atoms with E-state index in [9.17, 15) is 5.11 Å². The van der Waals surface area contributed by atoms with Crippen molar-refractivity contribution in [2.24, 2.45) is 0 Å². The zero-order chi connectivity index (χ0) is 18.4. The lowest BCUT2D eigenvalue weighted by Gasteiger charge is -2.12. The van der Waals surface area contributed by atoms with Crippen LogP contribution < -0.4 is 10.6 Å². The monoisotopic (exact) mass is 369 g/mol. The topological polar surface area (TPSA) is 57.2 Å². The number of unbranched alkanes of at least 4 members (excludes halogenated alkanes) is 2. The zero-order valence-corrected chi connectivity index (χ0v) is 15.7. The van der Waals surface area contributed by atoms with Crippen LogP contribution in [0.2, 0.25) is 5.02 Å². The van der Waals surface area contributed by atoms with Gasteiger partial charge in [0.25, 0.3) is 0 Å². The summed E-state index contributed by atoms with van der Waals surface area (Å²) in [6.45, 7) is 3.80. The van der Waals surface area contributed by atoms with Gasteiger partial charge in [-0.05, 0) is 55.4 Å². The number of fused-ring (bicyclic) bond motifs is 1. The summed E-state index contributed by atoms with van der Waals surface area (Å²) in [4.78, 5) is 4.37. The Morgan fingerprint density at radius 1 is 1.08 bits per heavy atom. The van der Waals surface area contributed by atoms with Crippen molar-refractivity contribution in [3.05, 3.63) is 59.2 Å². The molecule has 0 aliphatic rings. The summed E-state index contributed by atoms with van der Waals surface area (Å²) in [5, 5.41) is 18.6. The average molecular weight is 370 g/mol. The number of aromatic hydroxyl groups is 1. The van der Waals surface area contributed by atoms with Crippen LogP contribution in [0.4, 0.5) is 11.4 Å². The number of rotatable bonds is 8. The minimum atomic E-state index is 0.310. The first kappa shape index (κ1) is 18.5. The molecule has 5 heteroatoms. The van der Waals surface area contributed by atoms with Crippen LogP contribution in [-0.2, 0) is 6.54 Å². The van der Waals surface area contributed by atoms with Gasteiger partial charge in [0.15, 0.2) is 0 Å². The summed E-state index contributed by atoms with van der Waals surface area (Å²) in [6, 6.07) is 13.2. The van der Waals surface area contributed by atoms with E-state index in [4.69, 9.17) is 11.6 Å². The lowest BCUT2D eigenvalue weighted by molar-refractivity contribution is 0.464. The van der Waals surface area contributed by atoms with Crippen molar-refractivity contribution in [1.82, 2.24) is 10.3 Å². The second kappa shape index (κ2) is 8.88. The molecule has 0 saturated heterocycles. The third-order valence-corrected chi connectivity index (χ3v) is 4.57. The Labute approximate surface area is 159 Å². The van der Waals surface area contributed by atoms with Crippen LogP contribution in [0, 0.1) is 0 Å². The Morgan fingerprint density at radius 3 is 2.81 bits per heavy atom. The van der Waals surface area contributed by atoms with Crippen molar-refractivity contribution in [1.29, 1.82) is 0 Å². The summed E-state index contributed by atoms with van der Waals surface area (Å²) in [5.41, 5.74) is 3.61. The molecule has 0 aliphatic heterocycles. The van der Waals surface area contributed by atoms with Crippen molar-refractivity contribution in [3.8, 4) is 5.75 Å². The smallest absolute Gasteiger partial charge is 0.120 e. The molecule has 0 radical (unpaired) electrons. The highest BCUT2D eigenvalue weighted by atomic mass is 35.5. The molecule has 0 atom stereocenters. The number of benzene rings is 2. The number of hydrogen-bond donors (Lipinski definition) is 3. The predicted octanol–water partition coefficient (Wildman–Crippen LogP) is 5.62. The van der Waals surface area contributed by atoms with E-state index in [1.165, 1.54) is 12.8 Å². The minimum absolute atomic E-state index is 0.310. The molecule has 2 aromatic carbocycles. The van der Waals surface area contributed by atoms with Gasteiger partial charge in [0.2, 0.25) is 0 Å². The fourth-order valence-corrected chi connectivity index (χ4v) is 3.08. The highest BCUT2D eigenvalue weighted by molar-refractivity contribution is 6.31. The van der Waals surface area contributed by atoms with Crippen LogP contribution >= 0.6 is 11.6 Å². The third-order valence-electron chi connectivity index (χ3n) is 4.34. The molecule has 0 bridgehead atoms. The van der Waals surface area contributed by atoms with Crippen molar-refractivity contribution in [3.63, 3.8) is 0 Å². The SMILES string of the molecule is CCCCCNCc1cc(Nc2ccnc3cc(Cl)ccc23)ccc1O. The fourth-order valence-electron chi connectivity index (χ4n) is 2.91. The molecule has 0 unspecified atom stereocenters. The van der Waals surface area contributed by atoms with Gasteiger partial charge >= 0.3 is 0 Å². The molecule has 3 aromatic rings. The van der Waals surface area contributed by atoms with Crippen molar-refractivity contribution in [2.75, 3.05) is 11.9 Å². The number of hydrogen-bond acceptors (Lipinski definition) is 4. The third kappa shape index (κ3) is 4.65. The van der Waals surface area contributed by atoms with Gasteiger partial charge in [0.05, 0.1) is 5.52 Å². The number of phenols is 1. The van der Waals surface area contributed by atoms with E-state index < -0.39 is 0 Å². The van der Waals surface area contributed by atoms with Gasteiger partial charge in [-0.3, -0.25) is 4.98 Å². The first-order valence-electron chi connectivity index (χ1n) is 9.01. The van der Waals surface area contributed by atoms with Crippen LogP contribution in [0.3, 0.4) is 0 Å². The van der Waals surface area contributed by atoms with Crippen LogP contribution in [-0.4, -0.2) is 16.6 Å². The van der Waals surface area contributed by atoms with Gasteiger partial charge in [-0.15, -0.1) is 0 Å². The zero-order valence-electron chi connectivity index (χ0n) is 14.9. The molecular formula is C21H24ClN3O. The molecule has 4 nitrogen and oxygen atoms in total. The van der Waals surface area contributed by atoms with Crippen molar-refractivity contribution >= 4 is 33.9 Å². The summed E-state index contributed by atoms with van der Waals surface area (Å²) >= 11 is 6.05. The quantitative estimate of drug-likeness (QED) is 0.356. The molecular weight excluding hydrogens is 346 g/mol. The number of anilines is 2. The molecule has 0 amide bonds. The Hall–Kier alpha value is -2.30. The van der Waals surface area contributed by atoms with E-state index in [1.807, 2.05) is 36.4 Å². The Balaban J connectivity index is 1.75. The lowest BCUT2D eigenvalue weighted by Crippen LogP contribution is -2.14. The Kier molecular flexibility index (Phi) is 6.31. The number of nitrogens with zero attached hydrogens (tertiary/aromatic N) is 1. The van der Waals surface area contributed by atoms with E-state index in [-0.39, 0.29) is 0 Å². The molecule has 26 heavy (non-hydrogen) atoms. The molecule has 3 N–H and O–H groups in total. The molecule has 1 heterocycles. The van der Waals surface area contributed by atoms with Crippen LogP contribution in [0.25, 0.3) is 10.9 Å². The molecule has 1 aromatic heterocycles. The van der Waals surface area contributed by atoms with E-state index in [0.29, 0.717) is 17.3 Å². The van der Waals surface area contributed by atoms with E-state index in [0.717, 1.165) is 40.8 Å². The predicted molar refractivity (Wildman–Crippen MR) is 109 cm³/mol.